The Labute approximate surface area is 221 Å². The molecule has 1 saturated heterocycles. The van der Waals surface area contributed by atoms with E-state index in [1.54, 1.807) is 11.7 Å². The summed E-state index contributed by atoms with van der Waals surface area (Å²) in [6, 6.07) is 4.56. The van der Waals surface area contributed by atoms with Crippen LogP contribution in [0.4, 0.5) is 4.79 Å². The maximum atomic E-state index is 13.0. The molecule has 0 N–H and O–H groups in total. The number of carbonyl (C=O) groups is 2. The van der Waals surface area contributed by atoms with Gasteiger partial charge in [0, 0.05) is 29.7 Å². The third kappa shape index (κ3) is 6.14. The number of hydrogen-bond donors (Lipinski definition) is 0. The van der Waals surface area contributed by atoms with Crippen LogP contribution >= 0.6 is 0 Å². The number of aromatic nitrogens is 1. The lowest BCUT2D eigenvalue weighted by Crippen LogP contribution is -2.45. The van der Waals surface area contributed by atoms with Crippen molar-refractivity contribution in [1.82, 2.24) is 9.47 Å². The molecule has 0 radical (unpaired) electrons. The van der Waals surface area contributed by atoms with Gasteiger partial charge in [-0.2, -0.15) is 0 Å². The van der Waals surface area contributed by atoms with Gasteiger partial charge < -0.3 is 14.2 Å². The minimum absolute atomic E-state index is 0.0252. The summed E-state index contributed by atoms with van der Waals surface area (Å²) < 4.78 is 18.5. The molecule has 0 unspecified atom stereocenters. The Balaban J connectivity index is 1.59. The zero-order chi connectivity index (χ0) is 26.7. The van der Waals surface area contributed by atoms with Crippen molar-refractivity contribution in [2.45, 2.75) is 97.8 Å². The number of piperidine rings is 1. The van der Waals surface area contributed by atoms with Gasteiger partial charge in [-0.25, -0.2) is 4.79 Å². The minimum Gasteiger partial charge on any atom is -0.496 e. The smallest absolute Gasteiger partial charge is 0.419 e. The number of carbonyl (C=O) groups excluding carboxylic acids is 2. The van der Waals surface area contributed by atoms with Gasteiger partial charge in [0.25, 0.3) is 0 Å². The lowest BCUT2D eigenvalue weighted by molar-refractivity contribution is -0.149. The van der Waals surface area contributed by atoms with Crippen molar-refractivity contribution in [3.05, 3.63) is 29.5 Å². The van der Waals surface area contributed by atoms with Gasteiger partial charge in [-0.05, 0) is 103 Å². The van der Waals surface area contributed by atoms with Gasteiger partial charge in [0.1, 0.15) is 11.4 Å². The van der Waals surface area contributed by atoms with E-state index in [1.165, 1.54) is 19.3 Å². The Hall–Kier alpha value is -2.54. The first-order valence-electron chi connectivity index (χ1n) is 13.9. The standard InChI is InChI=1S/C30H44N2O5/c1-7-36-28(33)22-13-11-21(12-14-22)25-10-8-9-16-31(25)19-24-23-15-17-32(29(34)37-30(3,4)5)27(23)20(2)18-26(24)35-6/h15,17-18,21-22,25H,7-14,16,19H2,1-6H3/t21?,22?,25-/m0/s1. The molecule has 2 fully saturated rings. The Bertz CT molecular complexity index is 1110. The molecular formula is C30H44N2O5. The third-order valence-corrected chi connectivity index (χ3v) is 8.00. The SMILES string of the molecule is CCOC(=O)C1CCC([C@@H]2CCCCN2Cc2c(OC)cc(C)c3c2ccn3C(=O)OC(C)(C)C)CC1. The van der Waals surface area contributed by atoms with Crippen LogP contribution in [0.25, 0.3) is 10.9 Å². The van der Waals surface area contributed by atoms with Gasteiger partial charge in [0.05, 0.1) is 25.2 Å². The van der Waals surface area contributed by atoms with E-state index in [0.717, 1.165) is 66.6 Å². The predicted molar refractivity (Wildman–Crippen MR) is 145 cm³/mol. The second kappa shape index (κ2) is 11.5. The number of methoxy groups -OCH3 is 1. The van der Waals surface area contributed by atoms with Crippen molar-refractivity contribution in [2.75, 3.05) is 20.3 Å². The number of nitrogens with zero attached hydrogens (tertiary/aromatic N) is 2. The molecule has 1 aliphatic heterocycles. The molecule has 0 amide bonds. The largest absolute Gasteiger partial charge is 0.496 e. The Kier molecular flexibility index (Phi) is 8.52. The van der Waals surface area contributed by atoms with Gasteiger partial charge >= 0.3 is 12.1 Å². The van der Waals surface area contributed by atoms with Crippen molar-refractivity contribution in [1.29, 1.82) is 0 Å². The van der Waals surface area contributed by atoms with E-state index < -0.39 is 5.60 Å². The highest BCUT2D eigenvalue weighted by molar-refractivity contribution is 5.95. The number of ether oxygens (including phenoxy) is 3. The molecule has 1 atom stereocenters. The van der Waals surface area contributed by atoms with Crippen LogP contribution in [0.2, 0.25) is 0 Å². The average molecular weight is 513 g/mol. The normalized spacial score (nSPS) is 23.1. The molecule has 2 heterocycles. The van der Waals surface area contributed by atoms with Crippen molar-refractivity contribution >= 4 is 23.0 Å². The van der Waals surface area contributed by atoms with Crippen LogP contribution in [-0.4, -0.2) is 53.4 Å². The van der Waals surface area contributed by atoms with Crippen LogP contribution in [0.15, 0.2) is 18.3 Å². The molecular weight excluding hydrogens is 468 g/mol. The van der Waals surface area contributed by atoms with Gasteiger partial charge in [-0.3, -0.25) is 14.3 Å². The average Bonchev–Trinajstić information content (AvgIpc) is 3.31. The van der Waals surface area contributed by atoms with Crippen LogP contribution in [0.1, 0.15) is 83.8 Å². The molecule has 7 nitrogen and oxygen atoms in total. The second-order valence-electron chi connectivity index (χ2n) is 11.7. The number of esters is 1. The first-order chi connectivity index (χ1) is 17.6. The van der Waals surface area contributed by atoms with E-state index in [4.69, 9.17) is 14.2 Å². The van der Waals surface area contributed by atoms with Gasteiger partial charge in [0.2, 0.25) is 0 Å². The van der Waals surface area contributed by atoms with Gasteiger partial charge in [-0.1, -0.05) is 6.42 Å². The van der Waals surface area contributed by atoms with Gasteiger partial charge in [0.15, 0.2) is 0 Å². The molecule has 0 spiro atoms. The lowest BCUT2D eigenvalue weighted by Gasteiger charge is -2.43. The summed E-state index contributed by atoms with van der Waals surface area (Å²) in [4.78, 5) is 27.9. The number of rotatable bonds is 6. The van der Waals surface area contributed by atoms with Crippen molar-refractivity contribution in [3.63, 3.8) is 0 Å². The number of fused-ring (bicyclic) bond motifs is 1. The molecule has 1 saturated carbocycles. The lowest BCUT2D eigenvalue weighted by atomic mass is 9.76. The van der Waals surface area contributed by atoms with E-state index in [2.05, 4.69) is 4.90 Å². The van der Waals surface area contributed by atoms with E-state index in [9.17, 15) is 9.59 Å². The quantitative estimate of drug-likeness (QED) is 0.414. The summed E-state index contributed by atoms with van der Waals surface area (Å²) in [5.74, 6) is 1.48. The van der Waals surface area contributed by atoms with E-state index in [0.29, 0.717) is 18.6 Å². The molecule has 0 bridgehead atoms. The fourth-order valence-corrected chi connectivity index (χ4v) is 6.32. The monoisotopic (exact) mass is 512 g/mol. The summed E-state index contributed by atoms with van der Waals surface area (Å²) in [6.07, 6.45) is 9.05. The highest BCUT2D eigenvalue weighted by atomic mass is 16.6. The Morgan fingerprint density at radius 3 is 2.46 bits per heavy atom. The summed E-state index contributed by atoms with van der Waals surface area (Å²) in [6.45, 7) is 11.8. The van der Waals surface area contributed by atoms with E-state index >= 15 is 0 Å². The maximum Gasteiger partial charge on any atom is 0.419 e. The van der Waals surface area contributed by atoms with E-state index in [-0.39, 0.29) is 18.0 Å². The first-order valence-corrected chi connectivity index (χ1v) is 13.9. The van der Waals surface area contributed by atoms with Gasteiger partial charge in [-0.15, -0.1) is 0 Å². The molecule has 7 heteroatoms. The zero-order valence-electron chi connectivity index (χ0n) is 23.5. The van der Waals surface area contributed by atoms with Crippen LogP contribution in [-0.2, 0) is 20.8 Å². The topological polar surface area (TPSA) is 70.0 Å². The van der Waals surface area contributed by atoms with Crippen molar-refractivity contribution in [3.8, 4) is 5.75 Å². The zero-order valence-corrected chi connectivity index (χ0v) is 23.5. The highest BCUT2D eigenvalue weighted by Gasteiger charge is 2.36. The van der Waals surface area contributed by atoms with Crippen LogP contribution in [0, 0.1) is 18.8 Å². The molecule has 37 heavy (non-hydrogen) atoms. The van der Waals surface area contributed by atoms with Crippen LogP contribution in [0.3, 0.4) is 0 Å². The molecule has 204 valence electrons. The highest BCUT2D eigenvalue weighted by Crippen LogP contribution is 2.39. The number of hydrogen-bond acceptors (Lipinski definition) is 6. The molecule has 1 aromatic carbocycles. The predicted octanol–water partition coefficient (Wildman–Crippen LogP) is 6.47. The van der Waals surface area contributed by atoms with Crippen LogP contribution in [0.5, 0.6) is 5.75 Å². The number of likely N-dealkylation sites (tertiary alicyclic amines) is 1. The van der Waals surface area contributed by atoms with E-state index in [1.807, 2.05) is 52.9 Å². The molecule has 2 aliphatic rings. The molecule has 1 aliphatic carbocycles. The minimum atomic E-state index is -0.565. The third-order valence-electron chi connectivity index (χ3n) is 8.00. The Morgan fingerprint density at radius 2 is 1.81 bits per heavy atom. The fourth-order valence-electron chi connectivity index (χ4n) is 6.32. The maximum absolute atomic E-state index is 13.0. The fraction of sp³-hybridized carbons (Fsp3) is 0.667. The first kappa shape index (κ1) is 27.5. The Morgan fingerprint density at radius 1 is 1.08 bits per heavy atom. The number of benzene rings is 1. The summed E-state index contributed by atoms with van der Waals surface area (Å²) >= 11 is 0. The van der Waals surface area contributed by atoms with Crippen molar-refractivity contribution in [2.24, 2.45) is 11.8 Å². The molecule has 4 rings (SSSR count). The second-order valence-corrected chi connectivity index (χ2v) is 11.7. The summed E-state index contributed by atoms with van der Waals surface area (Å²) in [7, 11) is 1.72. The molecule has 1 aromatic heterocycles. The summed E-state index contributed by atoms with van der Waals surface area (Å²) in [5, 5.41) is 1.04. The van der Waals surface area contributed by atoms with Crippen LogP contribution < -0.4 is 4.74 Å². The number of aryl methyl sites for hydroxylation is 1. The summed E-state index contributed by atoms with van der Waals surface area (Å²) in [5.41, 5.74) is 2.43. The van der Waals surface area contributed by atoms with Crippen molar-refractivity contribution < 1.29 is 23.8 Å². The molecule has 2 aromatic rings.